The minimum absolute atomic E-state index is 0.0104. The van der Waals surface area contributed by atoms with Crippen LogP contribution in [-0.2, 0) is 0 Å². The molecule has 0 aliphatic carbocycles. The summed E-state index contributed by atoms with van der Waals surface area (Å²) in [6.45, 7) is 11.3. The number of nitrogens with zero attached hydrogens (tertiary/aromatic N) is 6. The van der Waals surface area contributed by atoms with E-state index in [1.165, 1.54) is 25.3 Å². The zero-order valence-corrected chi connectivity index (χ0v) is 22.8. The SMILES string of the molecule is Cc1nc2c(F)cc(-c3nc(Nc4ccc(C(C)N5CCC6(CCCN6)C5)cn4)ncc3F)cc2n1C(C)C. The fraction of sp³-hybridized carbons (Fsp3) is 0.448. The molecule has 5 heterocycles. The molecule has 39 heavy (non-hydrogen) atoms. The first-order valence-corrected chi connectivity index (χ1v) is 13.7. The van der Waals surface area contributed by atoms with Crippen LogP contribution in [0, 0.1) is 18.6 Å². The molecular formula is C29H34F2N8. The normalized spacial score (nSPS) is 20.5. The van der Waals surface area contributed by atoms with E-state index in [1.54, 1.807) is 6.07 Å². The molecule has 6 rings (SSSR count). The number of hydrogen-bond acceptors (Lipinski definition) is 7. The summed E-state index contributed by atoms with van der Waals surface area (Å²) in [4.78, 5) is 19.9. The fourth-order valence-electron chi connectivity index (χ4n) is 6.19. The first kappa shape index (κ1) is 25.8. The van der Waals surface area contributed by atoms with Crippen molar-refractivity contribution in [3.8, 4) is 11.3 Å². The maximum atomic E-state index is 15.0. The second-order valence-electron chi connectivity index (χ2n) is 11.1. The number of fused-ring (bicyclic) bond motifs is 1. The largest absolute Gasteiger partial charge is 0.326 e. The number of aryl methyl sites for hydroxylation is 1. The van der Waals surface area contributed by atoms with Gasteiger partial charge in [0.25, 0.3) is 0 Å². The van der Waals surface area contributed by atoms with Gasteiger partial charge in [-0.3, -0.25) is 4.90 Å². The molecule has 10 heteroatoms. The fourth-order valence-corrected chi connectivity index (χ4v) is 6.19. The summed E-state index contributed by atoms with van der Waals surface area (Å²) in [5.74, 6) is 0.279. The van der Waals surface area contributed by atoms with Gasteiger partial charge in [-0.2, -0.15) is 0 Å². The minimum Gasteiger partial charge on any atom is -0.326 e. The molecule has 3 aromatic heterocycles. The second-order valence-corrected chi connectivity index (χ2v) is 11.1. The summed E-state index contributed by atoms with van der Waals surface area (Å²) < 4.78 is 31.8. The van der Waals surface area contributed by atoms with E-state index in [-0.39, 0.29) is 34.8 Å². The Morgan fingerprint density at radius 3 is 2.59 bits per heavy atom. The quantitative estimate of drug-likeness (QED) is 0.330. The van der Waals surface area contributed by atoms with Gasteiger partial charge in [0.1, 0.15) is 22.9 Å². The smallest absolute Gasteiger partial charge is 0.229 e. The molecular weight excluding hydrogens is 498 g/mol. The molecule has 0 amide bonds. The van der Waals surface area contributed by atoms with Gasteiger partial charge in [-0.1, -0.05) is 6.07 Å². The Morgan fingerprint density at radius 1 is 1.03 bits per heavy atom. The minimum atomic E-state index is -0.635. The number of nitrogens with one attached hydrogen (secondary N) is 2. The zero-order chi connectivity index (χ0) is 27.3. The van der Waals surface area contributed by atoms with E-state index in [2.05, 4.69) is 48.5 Å². The molecule has 8 nitrogen and oxygen atoms in total. The van der Waals surface area contributed by atoms with Crippen molar-refractivity contribution in [3.63, 3.8) is 0 Å². The van der Waals surface area contributed by atoms with Gasteiger partial charge in [-0.25, -0.2) is 28.7 Å². The van der Waals surface area contributed by atoms with Crippen LogP contribution in [-0.4, -0.2) is 54.6 Å². The van der Waals surface area contributed by atoms with Gasteiger partial charge in [-0.05, 0) is 77.3 Å². The number of anilines is 2. The van der Waals surface area contributed by atoms with Gasteiger partial charge in [0, 0.05) is 42.5 Å². The van der Waals surface area contributed by atoms with E-state index in [4.69, 9.17) is 0 Å². The van der Waals surface area contributed by atoms with Gasteiger partial charge >= 0.3 is 0 Å². The molecule has 2 N–H and O–H groups in total. The molecule has 4 aromatic rings. The van der Waals surface area contributed by atoms with Crippen LogP contribution in [0.1, 0.15) is 63.5 Å². The molecule has 2 atom stereocenters. The van der Waals surface area contributed by atoms with Crippen molar-refractivity contribution < 1.29 is 8.78 Å². The molecule has 1 aromatic carbocycles. The number of likely N-dealkylation sites (tertiary alicyclic amines) is 1. The third kappa shape index (κ3) is 4.76. The van der Waals surface area contributed by atoms with E-state index >= 15 is 0 Å². The standard InChI is InChI=1S/C29H34F2N8/c1-17(2)39-19(4)35-27-22(30)12-21(13-24(27)39)26-23(31)15-33-28(37-26)36-25-7-6-20(14-32-25)18(3)38-11-9-29(16-38)8-5-10-34-29/h6-7,12-15,17-18,34H,5,8-11,16H2,1-4H3,(H,32,33,36,37). The number of rotatable bonds is 6. The van der Waals surface area contributed by atoms with E-state index in [0.717, 1.165) is 31.4 Å². The Bertz CT molecular complexity index is 1510. The maximum Gasteiger partial charge on any atom is 0.229 e. The third-order valence-corrected chi connectivity index (χ3v) is 8.23. The van der Waals surface area contributed by atoms with Crippen LogP contribution >= 0.6 is 0 Å². The van der Waals surface area contributed by atoms with Gasteiger partial charge in [0.15, 0.2) is 11.6 Å². The van der Waals surface area contributed by atoms with Crippen molar-refractivity contribution in [1.82, 2.24) is 34.7 Å². The second kappa shape index (κ2) is 9.91. The number of aromatic nitrogens is 5. The first-order valence-electron chi connectivity index (χ1n) is 13.7. The number of halogens is 2. The summed E-state index contributed by atoms with van der Waals surface area (Å²) in [5.41, 5.74) is 2.61. The van der Waals surface area contributed by atoms with Gasteiger partial charge in [0.2, 0.25) is 5.95 Å². The molecule has 1 spiro atoms. The number of hydrogen-bond donors (Lipinski definition) is 2. The van der Waals surface area contributed by atoms with Gasteiger partial charge < -0.3 is 15.2 Å². The summed E-state index contributed by atoms with van der Waals surface area (Å²) in [6, 6.07) is 7.26. The molecule has 204 valence electrons. The lowest BCUT2D eigenvalue weighted by molar-refractivity contribution is 0.238. The molecule has 0 saturated carbocycles. The van der Waals surface area contributed by atoms with E-state index < -0.39 is 11.6 Å². The Morgan fingerprint density at radius 2 is 1.87 bits per heavy atom. The molecule has 2 saturated heterocycles. The van der Waals surface area contributed by atoms with Crippen molar-refractivity contribution in [2.45, 2.75) is 64.6 Å². The summed E-state index contributed by atoms with van der Waals surface area (Å²) in [5, 5.41) is 6.78. The molecule has 2 fully saturated rings. The molecule has 0 bridgehead atoms. The third-order valence-electron chi connectivity index (χ3n) is 8.23. The van der Waals surface area contributed by atoms with E-state index in [1.807, 2.05) is 37.6 Å². The van der Waals surface area contributed by atoms with Gasteiger partial charge in [-0.15, -0.1) is 0 Å². The van der Waals surface area contributed by atoms with Crippen LogP contribution in [0.15, 0.2) is 36.7 Å². The predicted molar refractivity (Wildman–Crippen MR) is 148 cm³/mol. The Hall–Kier alpha value is -3.50. The zero-order valence-electron chi connectivity index (χ0n) is 22.8. The highest BCUT2D eigenvalue weighted by atomic mass is 19.1. The number of pyridine rings is 1. The lowest BCUT2D eigenvalue weighted by atomic mass is 9.97. The Labute approximate surface area is 226 Å². The molecule has 0 radical (unpaired) electrons. The maximum absolute atomic E-state index is 15.0. The van der Waals surface area contributed by atoms with Gasteiger partial charge in [0.05, 0.1) is 11.7 Å². The summed E-state index contributed by atoms with van der Waals surface area (Å²) >= 11 is 0. The highest BCUT2D eigenvalue weighted by Crippen LogP contribution is 2.35. The Balaban J connectivity index is 1.22. The van der Waals surface area contributed by atoms with Crippen molar-refractivity contribution in [1.29, 1.82) is 0 Å². The predicted octanol–water partition coefficient (Wildman–Crippen LogP) is 5.69. The van der Waals surface area contributed by atoms with Crippen molar-refractivity contribution in [2.75, 3.05) is 25.0 Å². The summed E-state index contributed by atoms with van der Waals surface area (Å²) in [6.07, 6.45) is 6.64. The number of imidazole rings is 1. The van der Waals surface area contributed by atoms with Crippen LogP contribution in [0.2, 0.25) is 0 Å². The topological polar surface area (TPSA) is 83.8 Å². The van der Waals surface area contributed by atoms with E-state index in [9.17, 15) is 8.78 Å². The first-order chi connectivity index (χ1) is 18.7. The van der Waals surface area contributed by atoms with Crippen molar-refractivity contribution >= 4 is 22.8 Å². The van der Waals surface area contributed by atoms with Crippen molar-refractivity contribution in [2.24, 2.45) is 0 Å². The molecule has 2 unspecified atom stereocenters. The monoisotopic (exact) mass is 532 g/mol. The van der Waals surface area contributed by atoms with Crippen LogP contribution in [0.3, 0.4) is 0 Å². The van der Waals surface area contributed by atoms with Crippen LogP contribution in [0.4, 0.5) is 20.5 Å². The lowest BCUT2D eigenvalue weighted by Gasteiger charge is -2.28. The number of benzene rings is 1. The highest BCUT2D eigenvalue weighted by molar-refractivity contribution is 5.83. The average molecular weight is 533 g/mol. The van der Waals surface area contributed by atoms with Crippen LogP contribution in [0.25, 0.3) is 22.3 Å². The Kier molecular flexibility index (Phi) is 6.55. The van der Waals surface area contributed by atoms with E-state index in [0.29, 0.717) is 22.7 Å². The highest BCUT2D eigenvalue weighted by Gasteiger charge is 2.41. The lowest BCUT2D eigenvalue weighted by Crippen LogP contribution is -2.42. The van der Waals surface area contributed by atoms with Crippen molar-refractivity contribution in [3.05, 3.63) is 59.7 Å². The summed E-state index contributed by atoms with van der Waals surface area (Å²) in [7, 11) is 0. The average Bonchev–Trinajstić information content (AvgIpc) is 3.64. The van der Waals surface area contributed by atoms with Crippen LogP contribution in [0.5, 0.6) is 0 Å². The molecule has 2 aliphatic heterocycles. The molecule has 2 aliphatic rings. The van der Waals surface area contributed by atoms with Crippen LogP contribution < -0.4 is 10.6 Å².